The van der Waals surface area contributed by atoms with Crippen molar-refractivity contribution in [3.8, 4) is 70.3 Å². The number of hydrogen-bond acceptors (Lipinski definition) is 20. The molecule has 0 spiro atoms. The number of rotatable bonds is 24. The molecular weight excluding hydrogens is 1370 g/mol. The predicted octanol–water partition coefficient (Wildman–Crippen LogP) is 12.9. The molecule has 108 heavy (non-hydrogen) atoms. The highest BCUT2D eigenvalue weighted by Gasteiger charge is 2.48. The Morgan fingerprint density at radius 1 is 0.398 bits per heavy atom. The summed E-state index contributed by atoms with van der Waals surface area (Å²) >= 11 is 0. The summed E-state index contributed by atoms with van der Waals surface area (Å²) in [5.41, 5.74) is 0.741. The first-order valence-corrected chi connectivity index (χ1v) is 35.5. The molecule has 0 aliphatic carbocycles. The fourth-order valence-electron chi connectivity index (χ4n) is 14.6. The number of esters is 2. The van der Waals surface area contributed by atoms with Gasteiger partial charge < -0.3 is 38.2 Å². The predicted molar refractivity (Wildman–Crippen MR) is 398 cm³/mol. The molecule has 0 N–H and O–H groups in total. The SMILES string of the molecule is C=C(C)C(=O)OCCN1CCN(C(=O)C(CC(C)C)N2C(=O)c3cc(Oc4cccc(C#N)c4)c4c5c(Oc6cccc(C#N)c6)cc6c7c(cc(Oc8cccc(C#N)c8)c(c8c(Oc9cccc(C#N)c9)cc(c3c48)C2=O)c75)C(=O)N(C(CC(C)C)C(=O)N2CCN(CCOC(=O)C(=C)C)CC2)C6=O)CC1. The van der Waals surface area contributed by atoms with Gasteiger partial charge in [-0.15, -0.1) is 0 Å². The van der Waals surface area contributed by atoms with Crippen LogP contribution < -0.4 is 18.9 Å². The molecule has 2 atom stereocenters. The lowest BCUT2D eigenvalue weighted by Gasteiger charge is -2.40. The second kappa shape index (κ2) is 30.6. The summed E-state index contributed by atoms with van der Waals surface area (Å²) in [5, 5.41) is 42.1. The quantitative estimate of drug-likeness (QED) is 0.0178. The van der Waals surface area contributed by atoms with E-state index in [4.69, 9.17) is 28.4 Å². The number of ether oxygens (including phenoxy) is 6. The summed E-state index contributed by atoms with van der Waals surface area (Å²) in [6.07, 6.45) is 0.0439. The van der Waals surface area contributed by atoms with Crippen molar-refractivity contribution in [2.45, 2.75) is 66.5 Å². The lowest BCUT2D eigenvalue weighted by molar-refractivity contribution is -0.141. The van der Waals surface area contributed by atoms with E-state index >= 15 is 28.8 Å². The zero-order valence-electron chi connectivity index (χ0n) is 60.4. The minimum Gasteiger partial charge on any atom is -0.461 e. The fourth-order valence-corrected chi connectivity index (χ4v) is 14.6. The molecule has 2 saturated heterocycles. The van der Waals surface area contributed by atoms with E-state index in [1.54, 1.807) is 96.4 Å². The first kappa shape index (κ1) is 73.3. The van der Waals surface area contributed by atoms with Gasteiger partial charge in [-0.1, -0.05) is 65.1 Å². The van der Waals surface area contributed by atoms with Crippen molar-refractivity contribution in [1.29, 1.82) is 21.0 Å². The van der Waals surface area contributed by atoms with E-state index in [1.165, 1.54) is 48.5 Å². The molecule has 2 unspecified atom stereocenters. The van der Waals surface area contributed by atoms with E-state index in [9.17, 15) is 30.6 Å². The highest BCUT2D eigenvalue weighted by Crippen LogP contribution is 2.58. The number of carbonyl (C=O) groups is 8. The molecule has 9 aromatic carbocycles. The van der Waals surface area contributed by atoms with Gasteiger partial charge in [-0.25, -0.2) is 9.59 Å². The van der Waals surface area contributed by atoms with Gasteiger partial charge in [0.25, 0.3) is 23.6 Å². The third-order valence-electron chi connectivity index (χ3n) is 19.7. The molecule has 0 radical (unpaired) electrons. The van der Waals surface area contributed by atoms with Gasteiger partial charge in [0.2, 0.25) is 11.8 Å². The zero-order chi connectivity index (χ0) is 76.5. The second-order valence-corrected chi connectivity index (χ2v) is 28.1. The summed E-state index contributed by atoms with van der Waals surface area (Å²) in [7, 11) is 0. The number of benzene rings is 9. The van der Waals surface area contributed by atoms with Gasteiger partial charge in [0.1, 0.15) is 71.3 Å². The smallest absolute Gasteiger partial charge is 0.333 e. The Kier molecular flexibility index (Phi) is 20.8. The van der Waals surface area contributed by atoms with E-state index < -0.39 is 59.5 Å². The van der Waals surface area contributed by atoms with Crippen LogP contribution in [0.3, 0.4) is 0 Å². The Morgan fingerprint density at radius 2 is 0.667 bits per heavy atom. The molecule has 0 bridgehead atoms. The third kappa shape index (κ3) is 14.3. The molecule has 0 saturated carbocycles. The topological polar surface area (TPSA) is 307 Å². The third-order valence-corrected chi connectivity index (χ3v) is 19.7. The van der Waals surface area contributed by atoms with Crippen molar-refractivity contribution in [2.24, 2.45) is 11.8 Å². The maximum Gasteiger partial charge on any atom is 0.333 e. The molecule has 13 rings (SSSR count). The van der Waals surface area contributed by atoms with Crippen molar-refractivity contribution >= 4 is 90.5 Å². The summed E-state index contributed by atoms with van der Waals surface area (Å²) in [4.78, 5) is 131. The van der Waals surface area contributed by atoms with Crippen molar-refractivity contribution < 1.29 is 66.8 Å². The summed E-state index contributed by atoms with van der Waals surface area (Å²) in [6, 6.07) is 36.5. The van der Waals surface area contributed by atoms with Gasteiger partial charge in [-0.05, 0) is 136 Å². The highest BCUT2D eigenvalue weighted by atomic mass is 16.5. The van der Waals surface area contributed by atoms with E-state index in [1.807, 2.05) is 37.5 Å². The monoisotopic (exact) mass is 1450 g/mol. The average molecular weight is 1450 g/mol. The van der Waals surface area contributed by atoms with Crippen LogP contribution in [0.4, 0.5) is 0 Å². The Morgan fingerprint density at radius 3 is 0.907 bits per heavy atom. The van der Waals surface area contributed by atoms with Gasteiger partial charge in [-0.3, -0.25) is 48.4 Å². The van der Waals surface area contributed by atoms with Gasteiger partial charge in [0.15, 0.2) is 0 Å². The molecule has 0 aromatic heterocycles. The molecule has 9 aromatic rings. The van der Waals surface area contributed by atoms with Crippen LogP contribution in [0.2, 0.25) is 0 Å². The average Bonchev–Trinajstić information content (AvgIpc) is 0.671. The number of amides is 6. The molecule has 4 aliphatic heterocycles. The first-order valence-electron chi connectivity index (χ1n) is 35.5. The summed E-state index contributed by atoms with van der Waals surface area (Å²) < 4.78 is 39.2. The van der Waals surface area contributed by atoms with Crippen LogP contribution >= 0.6 is 0 Å². The second-order valence-electron chi connectivity index (χ2n) is 28.1. The lowest BCUT2D eigenvalue weighted by Crippen LogP contribution is -2.58. The normalized spacial score (nSPS) is 15.1. The number of piperazine rings is 2. The molecule has 4 aliphatic rings. The van der Waals surface area contributed by atoms with Gasteiger partial charge in [0.05, 0.1) is 68.8 Å². The minimum absolute atomic E-state index is 0.0219. The van der Waals surface area contributed by atoms with Crippen molar-refractivity contribution in [2.75, 3.05) is 78.7 Å². The van der Waals surface area contributed by atoms with Crippen LogP contribution in [0.1, 0.15) is 118 Å². The molecule has 4 heterocycles. The standard InChI is InChI=1S/C84H74N10O14/c1-47(2)33-63(81(99)91-25-21-89(22-26-91)29-31-103-83(101)49(5)6)93-77(95)59-39-65(105-55-17-9-13-51(35-55)43-85)71-73-67(107-57-19-11-15-53(37-57)45-87)41-61-70-62(80(98)94(79(61)97)64(34-48(3)4)82(100)92-27-23-90(24-28-92)30-32-104-84(102)50(7)8)42-68(108-58-20-12-16-54(38-58)46-88)74(76(70)73)72-66(40-60(78(93)96)69(59)75(71)72)106-56-18-10-14-52(36-56)44-86/h9-20,35-42,47-48,63-64H,5,7,21-34H2,1-4,6,8H3. The first-order chi connectivity index (χ1) is 52.0. The Labute approximate surface area is 622 Å². The van der Waals surface area contributed by atoms with Crippen molar-refractivity contribution in [1.82, 2.24) is 29.4 Å². The molecule has 6 amide bonds. The van der Waals surface area contributed by atoms with Gasteiger partial charge in [0, 0.05) is 120 Å². The van der Waals surface area contributed by atoms with Crippen LogP contribution in [0.5, 0.6) is 46.0 Å². The maximum atomic E-state index is 16.4. The fraction of sp³-hybridized carbons (Fsp3) is 0.286. The molecular formula is C84H74N10O14. The molecule has 24 heteroatoms. The molecule has 544 valence electrons. The van der Waals surface area contributed by atoms with Gasteiger partial charge in [-0.2, -0.15) is 21.0 Å². The van der Waals surface area contributed by atoms with Crippen LogP contribution in [0, 0.1) is 57.2 Å². The Hall–Kier alpha value is -13.0. The number of imide groups is 2. The number of fused-ring (bicyclic) bond motifs is 2. The lowest BCUT2D eigenvalue weighted by atomic mass is 9.80. The van der Waals surface area contributed by atoms with E-state index in [-0.39, 0.29) is 209 Å². The van der Waals surface area contributed by atoms with Crippen LogP contribution in [0.25, 0.3) is 43.1 Å². The summed E-state index contributed by atoms with van der Waals surface area (Å²) in [5.74, 6) is -6.24. The van der Waals surface area contributed by atoms with Crippen molar-refractivity contribution in [3.05, 3.63) is 190 Å². The number of nitrogens with zero attached hydrogens (tertiary/aromatic N) is 10. The van der Waals surface area contributed by atoms with Gasteiger partial charge >= 0.3 is 11.9 Å². The Balaban J connectivity index is 1.09. The van der Waals surface area contributed by atoms with Crippen molar-refractivity contribution in [3.63, 3.8) is 0 Å². The summed E-state index contributed by atoms with van der Waals surface area (Å²) in [6.45, 7) is 21.1. The largest absolute Gasteiger partial charge is 0.461 e. The van der Waals surface area contributed by atoms with E-state index in [2.05, 4.69) is 37.4 Å². The van der Waals surface area contributed by atoms with E-state index in [0.29, 0.717) is 39.3 Å². The Bertz CT molecular complexity index is 4890. The molecule has 2 fully saturated rings. The minimum atomic E-state index is -1.39. The number of nitriles is 4. The maximum absolute atomic E-state index is 16.4. The van der Waals surface area contributed by atoms with Crippen LogP contribution in [-0.2, 0) is 28.7 Å². The number of carbonyl (C=O) groups excluding carboxylic acids is 8. The molecule has 24 nitrogen and oxygen atoms in total. The highest BCUT2D eigenvalue weighted by molar-refractivity contribution is 6.45. The zero-order valence-corrected chi connectivity index (χ0v) is 60.4. The van der Waals surface area contributed by atoms with Crippen LogP contribution in [-0.4, -0.2) is 168 Å². The van der Waals surface area contributed by atoms with E-state index in [0.717, 1.165) is 9.80 Å². The van der Waals surface area contributed by atoms with Crippen LogP contribution in [0.15, 0.2) is 146 Å². The number of hydrogen-bond donors (Lipinski definition) is 0.